The third kappa shape index (κ3) is 6.58. The highest BCUT2D eigenvalue weighted by Gasteiger charge is 2.29. The average Bonchev–Trinajstić information content (AvgIpc) is 3.71. The summed E-state index contributed by atoms with van der Waals surface area (Å²) in [7, 11) is -0.690. The van der Waals surface area contributed by atoms with E-state index in [1.807, 2.05) is 38.2 Å². The van der Waals surface area contributed by atoms with Crippen LogP contribution < -0.4 is 20.5 Å². The monoisotopic (exact) mass is 541 g/mol. The smallest absolute Gasteiger partial charge is 0.293 e. The quantitative estimate of drug-likeness (QED) is 0.334. The number of nitrogens with zero attached hydrogens (tertiary/aromatic N) is 4. The van der Waals surface area contributed by atoms with Crippen molar-refractivity contribution in [3.63, 3.8) is 0 Å². The van der Waals surface area contributed by atoms with E-state index in [1.165, 1.54) is 6.42 Å². The lowest BCUT2D eigenvalue weighted by molar-refractivity contribution is 0.353. The van der Waals surface area contributed by atoms with Gasteiger partial charge in [0, 0.05) is 44.4 Å². The predicted octanol–water partition coefficient (Wildman–Crippen LogP) is 6.66. The number of hydrogen-bond donors (Lipinski definition) is 1. The highest BCUT2D eigenvalue weighted by molar-refractivity contribution is 7.62. The Hall–Kier alpha value is -2.86. The van der Waals surface area contributed by atoms with Gasteiger partial charge < -0.3 is 24.1 Å². The van der Waals surface area contributed by atoms with Crippen molar-refractivity contribution < 1.29 is 10.7 Å². The molecule has 5 rings (SSSR count). The van der Waals surface area contributed by atoms with E-state index in [9.17, 15) is 9.36 Å². The molecule has 1 aromatic carbocycles. The molecule has 1 saturated carbocycles. The van der Waals surface area contributed by atoms with E-state index in [2.05, 4.69) is 24.1 Å². The summed E-state index contributed by atoms with van der Waals surface area (Å²) in [4.78, 5) is 24.8. The van der Waals surface area contributed by atoms with Crippen molar-refractivity contribution in [2.24, 2.45) is 18.9 Å². The molecule has 2 fully saturated rings. The fraction of sp³-hybridized carbons (Fsp3) is 0.552. The Morgan fingerprint density at radius 3 is 2.45 bits per heavy atom. The number of rotatable bonds is 7. The van der Waals surface area contributed by atoms with Gasteiger partial charge in [-0.3, -0.25) is 4.79 Å². The molecule has 9 heteroatoms. The molecule has 1 aliphatic carbocycles. The van der Waals surface area contributed by atoms with Gasteiger partial charge in [-0.25, -0.2) is 4.98 Å². The molecule has 0 bridgehead atoms. The molecule has 2 aliphatic rings. The molecule has 1 aliphatic heterocycles. The van der Waals surface area contributed by atoms with E-state index in [0.29, 0.717) is 17.8 Å². The molecule has 208 valence electrons. The molecule has 0 spiro atoms. The van der Waals surface area contributed by atoms with Crippen LogP contribution in [0.15, 0.2) is 35.3 Å². The highest BCUT2D eigenvalue weighted by atomic mass is 31.2. The van der Waals surface area contributed by atoms with E-state index < -0.39 is 7.14 Å². The largest absolute Gasteiger partial charge is 0.480 e. The highest BCUT2D eigenvalue weighted by Crippen LogP contribution is 2.44. The van der Waals surface area contributed by atoms with Crippen LogP contribution in [0.5, 0.6) is 5.75 Å². The fourth-order valence-electron chi connectivity index (χ4n) is 5.15. The first-order chi connectivity index (χ1) is 18.1. The van der Waals surface area contributed by atoms with Gasteiger partial charge in [-0.1, -0.05) is 27.7 Å². The number of anilines is 3. The Labute approximate surface area is 227 Å². The van der Waals surface area contributed by atoms with E-state index in [0.717, 1.165) is 59.9 Å². The maximum atomic E-state index is 12.7. The number of benzene rings is 1. The van der Waals surface area contributed by atoms with Crippen molar-refractivity contribution in [2.45, 2.75) is 52.9 Å². The zero-order valence-corrected chi connectivity index (χ0v) is 24.7. The molecular weight excluding hydrogens is 497 g/mol. The minimum absolute atomic E-state index is 0. The Bertz CT molecular complexity index is 1390. The Kier molecular flexibility index (Phi) is 8.51. The summed E-state index contributed by atoms with van der Waals surface area (Å²) in [6.45, 7) is 13.8. The van der Waals surface area contributed by atoms with Gasteiger partial charge in [-0.2, -0.15) is 4.98 Å². The zero-order chi connectivity index (χ0) is 27.6. The molecule has 1 saturated heterocycles. The summed E-state index contributed by atoms with van der Waals surface area (Å²) >= 11 is 0. The Balaban J connectivity index is 0.00000137. The lowest BCUT2D eigenvalue weighted by Crippen LogP contribution is -2.39. The standard InChI is InChI=1S/C27H36N5O3P.C2H6.H2/c1-17-10-18(2)15-32(14-17)27-28-13-22(19-6-7-19)25(30-27)29-21-8-9-23-20(11-21)12-24(26(33)31(23)3)35-16-36(4,5)34;1-2;/h8-9,11-13,17-19H,6-7,10,14-16H2,1-5H3,(H,28,29,30);1-2H3;1H/t17-,18+;;. The normalized spacial score (nSPS) is 19.6. The van der Waals surface area contributed by atoms with Crippen LogP contribution in [-0.4, -0.2) is 47.3 Å². The van der Waals surface area contributed by atoms with Gasteiger partial charge in [0.05, 0.1) is 5.52 Å². The molecular formula is C29H44N5O3P. The van der Waals surface area contributed by atoms with Crippen LogP contribution in [0.1, 0.15) is 59.9 Å². The summed E-state index contributed by atoms with van der Waals surface area (Å²) in [5.74, 6) is 3.59. The number of pyridine rings is 1. The van der Waals surface area contributed by atoms with Crippen LogP contribution in [0, 0.1) is 11.8 Å². The molecule has 8 nitrogen and oxygen atoms in total. The number of aromatic nitrogens is 3. The molecule has 3 aromatic rings. The van der Waals surface area contributed by atoms with Crippen molar-refractivity contribution in [1.82, 2.24) is 14.5 Å². The minimum Gasteiger partial charge on any atom is -0.480 e. The molecule has 2 atom stereocenters. The van der Waals surface area contributed by atoms with Crippen LogP contribution in [0.4, 0.5) is 17.5 Å². The first-order valence-electron chi connectivity index (χ1n) is 13.8. The molecule has 0 unspecified atom stereocenters. The number of ether oxygens (including phenoxy) is 1. The van der Waals surface area contributed by atoms with Gasteiger partial charge >= 0.3 is 0 Å². The number of nitrogens with one attached hydrogen (secondary N) is 1. The molecule has 2 aromatic heterocycles. The van der Waals surface area contributed by atoms with Crippen molar-refractivity contribution in [3.8, 4) is 5.75 Å². The van der Waals surface area contributed by atoms with Crippen molar-refractivity contribution in [2.75, 3.05) is 43.0 Å². The molecule has 3 heterocycles. The minimum atomic E-state index is -2.42. The lowest BCUT2D eigenvalue weighted by Gasteiger charge is -2.35. The average molecular weight is 542 g/mol. The van der Waals surface area contributed by atoms with E-state index in [-0.39, 0.29) is 19.1 Å². The first-order valence-corrected chi connectivity index (χ1v) is 16.6. The summed E-state index contributed by atoms with van der Waals surface area (Å²) in [6, 6.07) is 7.64. The van der Waals surface area contributed by atoms with Crippen LogP contribution in [0.25, 0.3) is 10.9 Å². The Morgan fingerprint density at radius 2 is 1.82 bits per heavy atom. The maximum Gasteiger partial charge on any atom is 0.293 e. The zero-order valence-electron chi connectivity index (χ0n) is 23.8. The van der Waals surface area contributed by atoms with Gasteiger partial charge in [0.15, 0.2) is 5.75 Å². The van der Waals surface area contributed by atoms with Crippen molar-refractivity contribution in [1.29, 1.82) is 0 Å². The van der Waals surface area contributed by atoms with E-state index >= 15 is 0 Å². The predicted molar refractivity (Wildman–Crippen MR) is 160 cm³/mol. The maximum absolute atomic E-state index is 12.7. The lowest BCUT2D eigenvalue weighted by atomic mass is 9.92. The summed E-state index contributed by atoms with van der Waals surface area (Å²) < 4.78 is 19.4. The van der Waals surface area contributed by atoms with Gasteiger partial charge in [0.2, 0.25) is 5.95 Å². The van der Waals surface area contributed by atoms with Gasteiger partial charge in [0.1, 0.15) is 19.3 Å². The number of aryl methyl sites for hydroxylation is 1. The molecule has 1 N–H and O–H groups in total. The number of piperidine rings is 1. The Morgan fingerprint density at radius 1 is 1.13 bits per heavy atom. The molecule has 0 amide bonds. The third-order valence-electron chi connectivity index (χ3n) is 6.96. The number of hydrogen-bond acceptors (Lipinski definition) is 7. The SMILES string of the molecule is CC.C[C@@H]1C[C@H](C)CN(c2ncc(C3CC3)c(Nc3ccc4c(c3)cc(OCP(C)(C)=O)c(=O)n4C)n2)C1.[HH]. The number of fused-ring (bicyclic) bond motifs is 1. The van der Waals surface area contributed by atoms with Gasteiger partial charge in [0.25, 0.3) is 5.56 Å². The summed E-state index contributed by atoms with van der Waals surface area (Å²) in [6.07, 6.45) is 5.59. The second-order valence-electron chi connectivity index (χ2n) is 11.2. The van der Waals surface area contributed by atoms with Crippen molar-refractivity contribution in [3.05, 3.63) is 46.4 Å². The van der Waals surface area contributed by atoms with Crippen molar-refractivity contribution >= 4 is 35.5 Å². The second kappa shape index (κ2) is 11.5. The van der Waals surface area contributed by atoms with Crippen LogP contribution >= 0.6 is 7.14 Å². The molecule has 38 heavy (non-hydrogen) atoms. The topological polar surface area (TPSA) is 89.4 Å². The second-order valence-corrected chi connectivity index (χ2v) is 14.6. The van der Waals surface area contributed by atoms with Crippen LogP contribution in [-0.2, 0) is 11.6 Å². The van der Waals surface area contributed by atoms with E-state index in [1.54, 1.807) is 31.0 Å². The van der Waals surface area contributed by atoms with Gasteiger partial charge in [-0.05, 0) is 74.6 Å². The first kappa shape index (κ1) is 28.2. The molecule has 0 radical (unpaired) electrons. The van der Waals surface area contributed by atoms with Crippen LogP contribution in [0.2, 0.25) is 0 Å². The van der Waals surface area contributed by atoms with Gasteiger partial charge in [-0.15, -0.1) is 0 Å². The third-order valence-corrected chi connectivity index (χ3v) is 7.71. The summed E-state index contributed by atoms with van der Waals surface area (Å²) in [5.41, 5.74) is 2.60. The van der Waals surface area contributed by atoms with E-state index in [4.69, 9.17) is 14.7 Å². The van der Waals surface area contributed by atoms with Crippen LogP contribution in [0.3, 0.4) is 0 Å². The summed E-state index contributed by atoms with van der Waals surface area (Å²) in [5, 5.41) is 4.41. The fourth-order valence-corrected chi connectivity index (χ4v) is 5.60.